The Labute approximate surface area is 203 Å². The van der Waals surface area contributed by atoms with Gasteiger partial charge >= 0.3 is 12.2 Å². The summed E-state index contributed by atoms with van der Waals surface area (Å²) in [5.41, 5.74) is 2.37. The summed E-state index contributed by atoms with van der Waals surface area (Å²) in [5.74, 6) is 0. The first-order valence-electron chi connectivity index (χ1n) is 8.92. The standard InChI is InChI=1S/C20H18N4O5S2.2CH4/c25-19(23-17-5-1-15(2-6-17)21-13-30)28-11-9-27-10-12-29-20(26)24-18-7-3-16(4-8-18)22-14-31;;/h1-8H,9-12H2,(H,23,25)(H,24,26);2*1H4. The van der Waals surface area contributed by atoms with Gasteiger partial charge in [-0.2, -0.15) is 9.98 Å². The molecule has 2 aromatic rings. The van der Waals surface area contributed by atoms with Crippen molar-refractivity contribution in [3.05, 3.63) is 48.5 Å². The van der Waals surface area contributed by atoms with Gasteiger partial charge in [-0.3, -0.25) is 10.6 Å². The Hall–Kier alpha value is -3.46. The summed E-state index contributed by atoms with van der Waals surface area (Å²) < 4.78 is 15.2. The van der Waals surface area contributed by atoms with E-state index in [4.69, 9.17) is 14.2 Å². The zero-order valence-electron chi connectivity index (χ0n) is 16.2. The molecule has 0 spiro atoms. The van der Waals surface area contributed by atoms with E-state index in [1.165, 1.54) is 0 Å². The number of nitrogens with one attached hydrogen (secondary N) is 2. The molecule has 2 amide bonds. The van der Waals surface area contributed by atoms with Crippen molar-refractivity contribution >= 4 is 69.7 Å². The van der Waals surface area contributed by atoms with Crippen LogP contribution >= 0.6 is 24.4 Å². The van der Waals surface area contributed by atoms with Crippen LogP contribution in [0.3, 0.4) is 0 Å². The van der Waals surface area contributed by atoms with Crippen LogP contribution in [0.4, 0.5) is 32.3 Å². The average molecular weight is 491 g/mol. The quantitative estimate of drug-likeness (QED) is 0.230. The Morgan fingerprint density at radius 3 is 1.39 bits per heavy atom. The van der Waals surface area contributed by atoms with Crippen molar-refractivity contribution in [1.29, 1.82) is 0 Å². The van der Waals surface area contributed by atoms with Crippen molar-refractivity contribution in [2.45, 2.75) is 14.9 Å². The van der Waals surface area contributed by atoms with Crippen LogP contribution in [-0.4, -0.2) is 48.9 Å². The summed E-state index contributed by atoms with van der Waals surface area (Å²) in [6.45, 7) is 0.398. The molecule has 0 aliphatic rings. The zero-order chi connectivity index (χ0) is 22.3. The highest BCUT2D eigenvalue weighted by atomic mass is 32.1. The highest BCUT2D eigenvalue weighted by molar-refractivity contribution is 7.78. The molecule has 0 aliphatic heterocycles. The maximum Gasteiger partial charge on any atom is 0.411 e. The normalized spacial score (nSPS) is 8.97. The first kappa shape index (κ1) is 29.5. The molecule has 0 saturated carbocycles. The maximum absolute atomic E-state index is 11.7. The minimum absolute atomic E-state index is 0. The summed E-state index contributed by atoms with van der Waals surface area (Å²) in [6, 6.07) is 13.4. The summed E-state index contributed by atoms with van der Waals surface area (Å²) in [5, 5.41) is 9.65. The summed E-state index contributed by atoms with van der Waals surface area (Å²) in [4.78, 5) is 31.0. The second-order valence-electron chi connectivity index (χ2n) is 5.63. The van der Waals surface area contributed by atoms with Crippen molar-refractivity contribution in [2.75, 3.05) is 37.1 Å². The number of hydrogen-bond acceptors (Lipinski definition) is 9. The number of hydrogen-bond donors (Lipinski definition) is 2. The van der Waals surface area contributed by atoms with Crippen LogP contribution in [0, 0.1) is 0 Å². The van der Waals surface area contributed by atoms with Gasteiger partial charge < -0.3 is 14.2 Å². The van der Waals surface area contributed by atoms with E-state index >= 15 is 0 Å². The van der Waals surface area contributed by atoms with Crippen molar-refractivity contribution < 1.29 is 23.8 Å². The fourth-order valence-electron chi connectivity index (χ4n) is 2.14. The molecule has 9 nitrogen and oxygen atoms in total. The van der Waals surface area contributed by atoms with Crippen LogP contribution in [0.15, 0.2) is 58.5 Å². The molecule has 0 radical (unpaired) electrons. The molecule has 2 aromatic carbocycles. The van der Waals surface area contributed by atoms with Gasteiger partial charge in [0, 0.05) is 11.4 Å². The lowest BCUT2D eigenvalue weighted by atomic mass is 10.3. The fraction of sp³-hybridized carbons (Fsp3) is 0.273. The van der Waals surface area contributed by atoms with Gasteiger partial charge in [-0.25, -0.2) is 9.59 Å². The van der Waals surface area contributed by atoms with Crippen molar-refractivity contribution in [3.8, 4) is 0 Å². The summed E-state index contributed by atoms with van der Waals surface area (Å²) in [7, 11) is 0. The minimum atomic E-state index is -0.618. The van der Waals surface area contributed by atoms with Crippen LogP contribution in [0.1, 0.15) is 14.9 Å². The first-order chi connectivity index (χ1) is 15.1. The Balaban J connectivity index is 0.00000512. The number of carbonyl (C=O) groups is 2. The van der Waals surface area contributed by atoms with Gasteiger partial charge in [0.25, 0.3) is 0 Å². The third kappa shape index (κ3) is 12.2. The van der Waals surface area contributed by atoms with Gasteiger partial charge in [0.2, 0.25) is 0 Å². The van der Waals surface area contributed by atoms with Gasteiger partial charge in [-0.1, -0.05) is 14.9 Å². The molecule has 0 heterocycles. The van der Waals surface area contributed by atoms with E-state index in [0.29, 0.717) is 22.7 Å². The highest BCUT2D eigenvalue weighted by Crippen LogP contribution is 2.16. The molecule has 0 aromatic heterocycles. The van der Waals surface area contributed by atoms with Crippen LogP contribution in [0.5, 0.6) is 0 Å². The average Bonchev–Trinajstić information content (AvgIpc) is 2.76. The molecule has 0 saturated heterocycles. The number of aliphatic imine (C=N–C) groups is 2. The van der Waals surface area contributed by atoms with Crippen LogP contribution in [-0.2, 0) is 14.2 Å². The van der Waals surface area contributed by atoms with E-state index in [2.05, 4.69) is 55.4 Å². The lowest BCUT2D eigenvalue weighted by Crippen LogP contribution is -2.19. The van der Waals surface area contributed by atoms with Gasteiger partial charge in [-0.15, -0.1) is 0 Å². The molecule has 33 heavy (non-hydrogen) atoms. The molecule has 0 fully saturated rings. The van der Waals surface area contributed by atoms with Gasteiger partial charge in [0.15, 0.2) is 0 Å². The Morgan fingerprint density at radius 2 is 1.06 bits per heavy atom. The van der Waals surface area contributed by atoms with Gasteiger partial charge in [-0.05, 0) is 73.0 Å². The molecular formula is C22H26N4O5S2. The molecule has 0 unspecified atom stereocenters. The lowest BCUT2D eigenvalue weighted by Gasteiger charge is -2.09. The Kier molecular flexibility index (Phi) is 15.3. The smallest absolute Gasteiger partial charge is 0.411 e. The number of thiocarbonyl (C=S) groups is 2. The molecule has 0 atom stereocenters. The number of carbonyl (C=O) groups excluding carboxylic acids is 2. The van der Waals surface area contributed by atoms with Gasteiger partial charge in [0.1, 0.15) is 13.2 Å². The van der Waals surface area contributed by atoms with E-state index in [1.54, 1.807) is 48.5 Å². The van der Waals surface area contributed by atoms with Crippen molar-refractivity contribution in [3.63, 3.8) is 0 Å². The van der Waals surface area contributed by atoms with Crippen molar-refractivity contribution in [2.24, 2.45) is 9.98 Å². The highest BCUT2D eigenvalue weighted by Gasteiger charge is 2.05. The monoisotopic (exact) mass is 490 g/mol. The predicted molar refractivity (Wildman–Crippen MR) is 136 cm³/mol. The topological polar surface area (TPSA) is 111 Å². The summed E-state index contributed by atoms with van der Waals surface area (Å²) >= 11 is 9.04. The number of amides is 2. The Morgan fingerprint density at radius 1 is 0.697 bits per heavy atom. The largest absolute Gasteiger partial charge is 0.447 e. The predicted octanol–water partition coefficient (Wildman–Crippen LogP) is 6.24. The van der Waals surface area contributed by atoms with Crippen molar-refractivity contribution in [1.82, 2.24) is 0 Å². The van der Waals surface area contributed by atoms with Crippen LogP contribution in [0.25, 0.3) is 0 Å². The molecule has 176 valence electrons. The van der Waals surface area contributed by atoms with E-state index in [9.17, 15) is 9.59 Å². The molecule has 2 rings (SSSR count). The lowest BCUT2D eigenvalue weighted by molar-refractivity contribution is 0.0512. The summed E-state index contributed by atoms with van der Waals surface area (Å²) in [6.07, 6.45) is -1.24. The second kappa shape index (κ2) is 17.1. The number of ether oxygens (including phenoxy) is 3. The maximum atomic E-state index is 11.7. The third-order valence-electron chi connectivity index (χ3n) is 3.50. The molecule has 11 heteroatoms. The molecule has 2 N–H and O–H groups in total. The van der Waals surface area contributed by atoms with E-state index in [0.717, 1.165) is 0 Å². The Bertz CT molecular complexity index is 892. The molecule has 0 aliphatic carbocycles. The SMILES string of the molecule is C.C.O=C(Nc1ccc(N=C=S)cc1)OCCOCCOC(=O)Nc1ccc(N=C=S)cc1. The number of rotatable bonds is 10. The van der Waals surface area contributed by atoms with E-state index in [-0.39, 0.29) is 41.3 Å². The third-order valence-corrected chi connectivity index (χ3v) is 3.68. The fourth-order valence-corrected chi connectivity index (χ4v) is 2.35. The number of benzene rings is 2. The first-order valence-corrected chi connectivity index (χ1v) is 9.73. The number of isothiocyanates is 2. The van der Waals surface area contributed by atoms with Crippen LogP contribution < -0.4 is 10.6 Å². The number of anilines is 2. The van der Waals surface area contributed by atoms with E-state index in [1.807, 2.05) is 0 Å². The minimum Gasteiger partial charge on any atom is -0.447 e. The van der Waals surface area contributed by atoms with Crippen LogP contribution in [0.2, 0.25) is 0 Å². The van der Waals surface area contributed by atoms with E-state index < -0.39 is 12.2 Å². The molecular weight excluding hydrogens is 464 g/mol. The molecule has 0 bridgehead atoms. The second-order valence-corrected chi connectivity index (χ2v) is 6.00. The van der Waals surface area contributed by atoms with Gasteiger partial charge in [0.05, 0.1) is 34.9 Å². The zero-order valence-corrected chi connectivity index (χ0v) is 17.8. The number of nitrogens with zero attached hydrogens (tertiary/aromatic N) is 2.